The van der Waals surface area contributed by atoms with Crippen molar-refractivity contribution in [3.8, 4) is 0 Å². The van der Waals surface area contributed by atoms with Crippen LogP contribution in [0.1, 0.15) is 43.6 Å². The molecular formula is C20H28N2O3S. The lowest BCUT2D eigenvalue weighted by atomic mass is 9.85. The standard InChI is InChI=1S/C20H28N2O3S/c1-14(2)12-22-13-16(11-17(22)23)19(24)21-7-5-20(6-8-21)18-15(3-9-25-20)4-10-26-18/h4,10,14,16H,3,5-9,11-13H2,1-2H3. The Labute approximate surface area is 159 Å². The largest absolute Gasteiger partial charge is 0.369 e. The van der Waals surface area contributed by atoms with Gasteiger partial charge in [0.2, 0.25) is 11.8 Å². The molecule has 0 aliphatic carbocycles. The molecule has 2 amide bonds. The third-order valence-corrected chi connectivity index (χ3v) is 7.08. The molecular weight excluding hydrogens is 348 g/mol. The van der Waals surface area contributed by atoms with Crippen LogP contribution in [0.15, 0.2) is 11.4 Å². The summed E-state index contributed by atoms with van der Waals surface area (Å²) in [7, 11) is 0. The number of rotatable bonds is 3. The van der Waals surface area contributed by atoms with Crippen molar-refractivity contribution < 1.29 is 14.3 Å². The van der Waals surface area contributed by atoms with Crippen LogP contribution in [0, 0.1) is 11.8 Å². The van der Waals surface area contributed by atoms with Crippen LogP contribution in [-0.2, 0) is 26.3 Å². The molecule has 3 aliphatic heterocycles. The van der Waals surface area contributed by atoms with Crippen LogP contribution in [0.25, 0.3) is 0 Å². The molecule has 0 radical (unpaired) electrons. The van der Waals surface area contributed by atoms with Crippen LogP contribution in [0.5, 0.6) is 0 Å². The number of likely N-dealkylation sites (tertiary alicyclic amines) is 2. The van der Waals surface area contributed by atoms with Crippen molar-refractivity contribution in [1.82, 2.24) is 9.80 Å². The van der Waals surface area contributed by atoms with Crippen molar-refractivity contribution in [2.24, 2.45) is 11.8 Å². The molecule has 0 aromatic carbocycles. The van der Waals surface area contributed by atoms with Crippen LogP contribution in [0.2, 0.25) is 0 Å². The van der Waals surface area contributed by atoms with Gasteiger partial charge in [-0.25, -0.2) is 0 Å². The van der Waals surface area contributed by atoms with E-state index in [2.05, 4.69) is 25.3 Å². The van der Waals surface area contributed by atoms with Gasteiger partial charge in [0.25, 0.3) is 0 Å². The second kappa shape index (κ2) is 6.97. The summed E-state index contributed by atoms with van der Waals surface area (Å²) in [6, 6.07) is 2.22. The number of nitrogens with zero attached hydrogens (tertiary/aromatic N) is 2. The van der Waals surface area contributed by atoms with Crippen molar-refractivity contribution in [3.05, 3.63) is 21.9 Å². The smallest absolute Gasteiger partial charge is 0.227 e. The monoisotopic (exact) mass is 376 g/mol. The summed E-state index contributed by atoms with van der Waals surface area (Å²) >= 11 is 1.79. The van der Waals surface area contributed by atoms with Gasteiger partial charge in [0.1, 0.15) is 5.60 Å². The van der Waals surface area contributed by atoms with Gasteiger partial charge >= 0.3 is 0 Å². The van der Waals surface area contributed by atoms with E-state index in [0.717, 1.165) is 45.5 Å². The highest BCUT2D eigenvalue weighted by molar-refractivity contribution is 7.10. The lowest BCUT2D eigenvalue weighted by Gasteiger charge is -2.44. The molecule has 5 nitrogen and oxygen atoms in total. The zero-order valence-electron chi connectivity index (χ0n) is 15.7. The minimum atomic E-state index is -0.187. The van der Waals surface area contributed by atoms with Crippen molar-refractivity contribution >= 4 is 23.2 Å². The van der Waals surface area contributed by atoms with E-state index in [1.54, 1.807) is 11.3 Å². The first-order valence-electron chi connectivity index (χ1n) is 9.76. The van der Waals surface area contributed by atoms with Gasteiger partial charge in [-0.2, -0.15) is 0 Å². The van der Waals surface area contributed by atoms with Gasteiger partial charge in [0.15, 0.2) is 0 Å². The Kier molecular flexibility index (Phi) is 4.82. The molecule has 1 spiro atoms. The Balaban J connectivity index is 1.39. The first-order chi connectivity index (χ1) is 12.5. The lowest BCUT2D eigenvalue weighted by Crippen LogP contribution is -2.49. The third kappa shape index (κ3) is 3.18. The number of hydrogen-bond donors (Lipinski definition) is 0. The van der Waals surface area contributed by atoms with Crippen molar-refractivity contribution in [1.29, 1.82) is 0 Å². The first kappa shape index (κ1) is 18.0. The number of carbonyl (C=O) groups excluding carboxylic acids is 2. The summed E-state index contributed by atoms with van der Waals surface area (Å²) in [5.74, 6) is 0.553. The highest BCUT2D eigenvalue weighted by atomic mass is 32.1. The van der Waals surface area contributed by atoms with Gasteiger partial charge in [0.05, 0.1) is 12.5 Å². The minimum Gasteiger partial charge on any atom is -0.369 e. The maximum Gasteiger partial charge on any atom is 0.227 e. The van der Waals surface area contributed by atoms with E-state index in [1.165, 1.54) is 10.4 Å². The highest BCUT2D eigenvalue weighted by Crippen LogP contribution is 2.44. The maximum atomic E-state index is 13.0. The van der Waals surface area contributed by atoms with Gasteiger partial charge in [-0.15, -0.1) is 11.3 Å². The Morgan fingerprint density at radius 3 is 2.88 bits per heavy atom. The number of thiophene rings is 1. The molecule has 0 N–H and O–H groups in total. The number of ether oxygens (including phenoxy) is 1. The third-order valence-electron chi connectivity index (χ3n) is 5.94. The normalized spacial score (nSPS) is 25.2. The number of hydrogen-bond acceptors (Lipinski definition) is 4. The Morgan fingerprint density at radius 1 is 1.38 bits per heavy atom. The second-order valence-electron chi connectivity index (χ2n) is 8.29. The van der Waals surface area contributed by atoms with E-state index < -0.39 is 0 Å². The molecule has 1 aromatic heterocycles. The van der Waals surface area contributed by atoms with E-state index in [-0.39, 0.29) is 23.3 Å². The van der Waals surface area contributed by atoms with E-state index in [0.29, 0.717) is 18.9 Å². The zero-order valence-corrected chi connectivity index (χ0v) is 16.5. The topological polar surface area (TPSA) is 49.9 Å². The minimum absolute atomic E-state index is 0.129. The van der Waals surface area contributed by atoms with Gasteiger partial charge in [-0.3, -0.25) is 9.59 Å². The molecule has 4 heterocycles. The first-order valence-corrected chi connectivity index (χ1v) is 10.6. The molecule has 0 saturated carbocycles. The summed E-state index contributed by atoms with van der Waals surface area (Å²) in [6.07, 6.45) is 3.10. The second-order valence-corrected chi connectivity index (χ2v) is 9.20. The van der Waals surface area contributed by atoms with Crippen molar-refractivity contribution in [2.45, 2.75) is 45.1 Å². The van der Waals surface area contributed by atoms with Crippen LogP contribution in [-0.4, -0.2) is 54.4 Å². The lowest BCUT2D eigenvalue weighted by molar-refractivity contribution is -0.144. The molecule has 0 bridgehead atoms. The fourth-order valence-corrected chi connectivity index (χ4v) is 5.79. The predicted molar refractivity (Wildman–Crippen MR) is 101 cm³/mol. The number of fused-ring (bicyclic) bond motifs is 2. The van der Waals surface area contributed by atoms with E-state index in [1.807, 2.05) is 9.80 Å². The molecule has 26 heavy (non-hydrogen) atoms. The van der Waals surface area contributed by atoms with Gasteiger partial charge in [-0.05, 0) is 42.2 Å². The zero-order chi connectivity index (χ0) is 18.3. The van der Waals surface area contributed by atoms with Gasteiger partial charge in [0, 0.05) is 37.5 Å². The molecule has 3 aliphatic rings. The Morgan fingerprint density at radius 2 is 2.15 bits per heavy atom. The Hall–Kier alpha value is -1.40. The van der Waals surface area contributed by atoms with E-state index in [4.69, 9.17) is 4.74 Å². The summed E-state index contributed by atoms with van der Waals surface area (Å²) in [4.78, 5) is 30.3. The SMILES string of the molecule is CC(C)CN1CC(C(=O)N2CCC3(CC2)OCCc2ccsc23)CC1=O. The van der Waals surface area contributed by atoms with Gasteiger partial charge < -0.3 is 14.5 Å². The predicted octanol–water partition coefficient (Wildman–Crippen LogP) is 2.64. The summed E-state index contributed by atoms with van der Waals surface area (Å²) in [6.45, 7) is 7.78. The van der Waals surface area contributed by atoms with E-state index in [9.17, 15) is 9.59 Å². The summed E-state index contributed by atoms with van der Waals surface area (Å²) in [5, 5.41) is 2.16. The molecule has 142 valence electrons. The highest BCUT2D eigenvalue weighted by Gasteiger charge is 2.44. The quantitative estimate of drug-likeness (QED) is 0.815. The average molecular weight is 377 g/mol. The summed E-state index contributed by atoms with van der Waals surface area (Å²) < 4.78 is 6.23. The van der Waals surface area contributed by atoms with E-state index >= 15 is 0 Å². The van der Waals surface area contributed by atoms with Crippen LogP contribution >= 0.6 is 11.3 Å². The molecule has 4 rings (SSSR count). The number of carbonyl (C=O) groups is 2. The van der Waals surface area contributed by atoms with Crippen LogP contribution in [0.4, 0.5) is 0 Å². The average Bonchev–Trinajstić information content (AvgIpc) is 3.23. The fraction of sp³-hybridized carbons (Fsp3) is 0.700. The molecule has 1 atom stereocenters. The van der Waals surface area contributed by atoms with Gasteiger partial charge in [-0.1, -0.05) is 13.8 Å². The van der Waals surface area contributed by atoms with Crippen LogP contribution < -0.4 is 0 Å². The molecule has 1 unspecified atom stereocenters. The molecule has 2 saturated heterocycles. The maximum absolute atomic E-state index is 13.0. The fourth-order valence-electron chi connectivity index (χ4n) is 4.63. The van der Waals surface area contributed by atoms with Crippen LogP contribution in [0.3, 0.4) is 0 Å². The number of piperidine rings is 1. The summed E-state index contributed by atoms with van der Waals surface area (Å²) in [5.41, 5.74) is 1.24. The molecule has 2 fully saturated rings. The van der Waals surface area contributed by atoms with Crippen molar-refractivity contribution in [2.75, 3.05) is 32.8 Å². The number of amides is 2. The molecule has 1 aromatic rings. The van der Waals surface area contributed by atoms with Crippen molar-refractivity contribution in [3.63, 3.8) is 0 Å². The Bertz CT molecular complexity index is 691. The molecule has 6 heteroatoms.